The zero-order valence-electron chi connectivity index (χ0n) is 10.3. The van der Waals surface area contributed by atoms with E-state index in [0.717, 1.165) is 0 Å². The summed E-state index contributed by atoms with van der Waals surface area (Å²) < 4.78 is 47.0. The Balaban J connectivity index is 0.00000324. The molecule has 0 saturated carbocycles. The number of nitrogens with two attached hydrogens (primary N) is 1. The van der Waals surface area contributed by atoms with Crippen molar-refractivity contribution >= 4 is 12.4 Å². The van der Waals surface area contributed by atoms with Gasteiger partial charge in [0.15, 0.2) is 6.10 Å². The van der Waals surface area contributed by atoms with E-state index in [0.29, 0.717) is 5.75 Å². The first kappa shape index (κ1) is 17.8. The van der Waals surface area contributed by atoms with E-state index in [2.05, 4.69) is 0 Å². The molecule has 1 aromatic rings. The number of ether oxygens (including phenoxy) is 2. The van der Waals surface area contributed by atoms with Crippen molar-refractivity contribution < 1.29 is 27.8 Å². The number of aliphatic hydroxyl groups is 1. The van der Waals surface area contributed by atoms with Crippen LogP contribution in [0.3, 0.4) is 0 Å². The predicted octanol–water partition coefficient (Wildman–Crippen LogP) is 2.05. The smallest absolute Gasteiger partial charge is 0.416 e. The van der Waals surface area contributed by atoms with Gasteiger partial charge in [-0.3, -0.25) is 0 Å². The third-order valence-electron chi connectivity index (χ3n) is 2.47. The van der Waals surface area contributed by atoms with E-state index in [1.165, 1.54) is 32.4 Å². The molecule has 0 bridgehead atoms. The Hall–Kier alpha value is -1.18. The molecule has 0 fully saturated rings. The molecule has 0 radical (unpaired) electrons. The van der Waals surface area contributed by atoms with Crippen LogP contribution < -0.4 is 15.2 Å². The topological polar surface area (TPSA) is 64.7 Å². The molecule has 0 amide bonds. The van der Waals surface area contributed by atoms with Crippen molar-refractivity contribution in [2.75, 3.05) is 14.2 Å². The highest BCUT2D eigenvalue weighted by atomic mass is 35.5. The van der Waals surface area contributed by atoms with Crippen LogP contribution in [0.1, 0.15) is 11.6 Å². The Morgan fingerprint density at radius 3 is 2.21 bits per heavy atom. The molecule has 1 rings (SSSR count). The van der Waals surface area contributed by atoms with E-state index in [4.69, 9.17) is 20.3 Å². The number of benzene rings is 1. The summed E-state index contributed by atoms with van der Waals surface area (Å²) in [6, 6.07) is 2.61. The highest BCUT2D eigenvalue weighted by Crippen LogP contribution is 2.34. The molecule has 3 N–H and O–H groups in total. The fourth-order valence-corrected chi connectivity index (χ4v) is 1.47. The van der Waals surface area contributed by atoms with Gasteiger partial charge in [0.1, 0.15) is 11.5 Å². The largest absolute Gasteiger partial charge is 0.497 e. The SMILES string of the molecule is COc1ccc(OC)c([C@@H](N)[C@@H](O)C(F)(F)F)c1.Cl. The summed E-state index contributed by atoms with van der Waals surface area (Å²) in [6.07, 6.45) is -7.47. The maximum atomic E-state index is 12.4. The molecule has 2 atom stereocenters. The van der Waals surface area contributed by atoms with Crippen LogP contribution in [0.5, 0.6) is 11.5 Å². The third kappa shape index (κ3) is 4.15. The highest BCUT2D eigenvalue weighted by molar-refractivity contribution is 5.85. The van der Waals surface area contributed by atoms with E-state index in [-0.39, 0.29) is 23.7 Å². The standard InChI is InChI=1S/C11H14F3NO3.ClH/c1-17-6-3-4-8(18-2)7(5-6)9(15)10(16)11(12,13)14;/h3-5,9-10,16H,15H2,1-2H3;1H/t9-,10-;/m1./s1. The molecule has 8 heteroatoms. The van der Waals surface area contributed by atoms with E-state index >= 15 is 0 Å². The fraction of sp³-hybridized carbons (Fsp3) is 0.455. The summed E-state index contributed by atoms with van der Waals surface area (Å²) in [6.45, 7) is 0. The quantitative estimate of drug-likeness (QED) is 0.893. The Bertz CT molecular complexity index is 415. The summed E-state index contributed by atoms with van der Waals surface area (Å²) in [5.41, 5.74) is 5.45. The number of halogens is 4. The van der Waals surface area contributed by atoms with Gasteiger partial charge in [-0.1, -0.05) is 0 Å². The van der Waals surface area contributed by atoms with Crippen LogP contribution >= 0.6 is 12.4 Å². The molecule has 0 aliphatic carbocycles. The molecule has 19 heavy (non-hydrogen) atoms. The molecule has 0 spiro atoms. The summed E-state index contributed by atoms with van der Waals surface area (Å²) >= 11 is 0. The van der Waals surface area contributed by atoms with Gasteiger partial charge < -0.3 is 20.3 Å². The van der Waals surface area contributed by atoms with Gasteiger partial charge in [-0.05, 0) is 18.2 Å². The minimum atomic E-state index is -4.80. The van der Waals surface area contributed by atoms with Crippen molar-refractivity contribution in [3.05, 3.63) is 23.8 Å². The molecule has 0 unspecified atom stereocenters. The normalized spacial score (nSPS) is 14.3. The molecule has 0 aromatic heterocycles. The number of alkyl halides is 3. The number of hydrogen-bond acceptors (Lipinski definition) is 4. The number of hydrogen-bond donors (Lipinski definition) is 2. The number of rotatable bonds is 4. The van der Waals surface area contributed by atoms with E-state index in [1.807, 2.05) is 0 Å². The lowest BCUT2D eigenvalue weighted by atomic mass is 10.0. The minimum absolute atomic E-state index is 0. The monoisotopic (exact) mass is 301 g/mol. The van der Waals surface area contributed by atoms with Gasteiger partial charge in [-0.2, -0.15) is 13.2 Å². The minimum Gasteiger partial charge on any atom is -0.497 e. The van der Waals surface area contributed by atoms with Crippen molar-refractivity contribution in [2.45, 2.75) is 18.3 Å². The first-order valence-corrected chi connectivity index (χ1v) is 5.03. The Labute approximate surface area is 114 Å². The summed E-state index contributed by atoms with van der Waals surface area (Å²) in [4.78, 5) is 0. The van der Waals surface area contributed by atoms with Crippen LogP contribution in [0.2, 0.25) is 0 Å². The zero-order chi connectivity index (χ0) is 13.9. The molecule has 1 aromatic carbocycles. The molecule has 4 nitrogen and oxygen atoms in total. The van der Waals surface area contributed by atoms with Gasteiger partial charge >= 0.3 is 6.18 Å². The third-order valence-corrected chi connectivity index (χ3v) is 2.47. The number of methoxy groups -OCH3 is 2. The number of aliphatic hydroxyl groups excluding tert-OH is 1. The fourth-order valence-electron chi connectivity index (χ4n) is 1.47. The predicted molar refractivity (Wildman–Crippen MR) is 65.8 cm³/mol. The molecule has 0 aliphatic rings. The maximum absolute atomic E-state index is 12.4. The lowest BCUT2D eigenvalue weighted by Gasteiger charge is -2.23. The Morgan fingerprint density at radius 1 is 1.21 bits per heavy atom. The van der Waals surface area contributed by atoms with Crippen LogP contribution in [0, 0.1) is 0 Å². The average Bonchev–Trinajstić information content (AvgIpc) is 2.35. The Morgan fingerprint density at radius 2 is 1.79 bits per heavy atom. The van der Waals surface area contributed by atoms with Crippen LogP contribution in [0.15, 0.2) is 18.2 Å². The second-order valence-corrected chi connectivity index (χ2v) is 3.62. The second kappa shape index (κ2) is 6.83. The molecule has 110 valence electrons. The highest BCUT2D eigenvalue weighted by Gasteiger charge is 2.43. The van der Waals surface area contributed by atoms with Crippen LogP contribution in [-0.4, -0.2) is 31.6 Å². The van der Waals surface area contributed by atoms with Crippen LogP contribution in [-0.2, 0) is 0 Å². The van der Waals surface area contributed by atoms with Crippen LogP contribution in [0.25, 0.3) is 0 Å². The molecule has 0 heterocycles. The summed E-state index contributed by atoms with van der Waals surface area (Å²) in [5.74, 6) is 0.488. The summed E-state index contributed by atoms with van der Waals surface area (Å²) in [7, 11) is 2.68. The van der Waals surface area contributed by atoms with Crippen molar-refractivity contribution in [2.24, 2.45) is 5.73 Å². The lowest BCUT2D eigenvalue weighted by Crippen LogP contribution is -2.39. The van der Waals surface area contributed by atoms with Gasteiger partial charge in [0, 0.05) is 5.56 Å². The lowest BCUT2D eigenvalue weighted by molar-refractivity contribution is -0.210. The first-order valence-electron chi connectivity index (χ1n) is 5.03. The van der Waals surface area contributed by atoms with Crippen LogP contribution in [0.4, 0.5) is 13.2 Å². The van der Waals surface area contributed by atoms with Gasteiger partial charge in [0.25, 0.3) is 0 Å². The van der Waals surface area contributed by atoms with E-state index in [9.17, 15) is 13.2 Å². The Kier molecular flexibility index (Phi) is 6.41. The molecule has 0 saturated heterocycles. The molecular formula is C11H15ClF3NO3. The maximum Gasteiger partial charge on any atom is 0.416 e. The molecular weight excluding hydrogens is 287 g/mol. The van der Waals surface area contributed by atoms with Crippen molar-refractivity contribution in [3.8, 4) is 11.5 Å². The zero-order valence-corrected chi connectivity index (χ0v) is 11.1. The van der Waals surface area contributed by atoms with Crippen molar-refractivity contribution in [3.63, 3.8) is 0 Å². The van der Waals surface area contributed by atoms with Crippen molar-refractivity contribution in [1.82, 2.24) is 0 Å². The molecule has 0 aliphatic heterocycles. The van der Waals surface area contributed by atoms with Crippen molar-refractivity contribution in [1.29, 1.82) is 0 Å². The van der Waals surface area contributed by atoms with Gasteiger partial charge in [0.05, 0.1) is 20.3 Å². The average molecular weight is 302 g/mol. The van der Waals surface area contributed by atoms with E-state index in [1.54, 1.807) is 0 Å². The second-order valence-electron chi connectivity index (χ2n) is 3.62. The van der Waals surface area contributed by atoms with E-state index < -0.39 is 18.3 Å². The van der Waals surface area contributed by atoms with Gasteiger partial charge in [0.2, 0.25) is 0 Å². The first-order chi connectivity index (χ1) is 8.31. The summed E-state index contributed by atoms with van der Waals surface area (Å²) in [5, 5.41) is 9.14. The van der Waals surface area contributed by atoms with Gasteiger partial charge in [-0.25, -0.2) is 0 Å². The van der Waals surface area contributed by atoms with Gasteiger partial charge in [-0.15, -0.1) is 12.4 Å².